The molecule has 35 heavy (non-hydrogen) atoms. The highest BCUT2D eigenvalue weighted by Gasteiger charge is 2.29. The smallest absolute Gasteiger partial charge is 0.261 e. The number of rotatable bonds is 8. The third-order valence-electron chi connectivity index (χ3n) is 5.08. The molecule has 0 aromatic heterocycles. The van der Waals surface area contributed by atoms with E-state index in [-0.39, 0.29) is 4.90 Å². The van der Waals surface area contributed by atoms with Gasteiger partial charge in [-0.25, -0.2) is 16.8 Å². The Hall–Kier alpha value is -2.89. The third kappa shape index (κ3) is 6.83. The fourth-order valence-corrected chi connectivity index (χ4v) is 6.06. The molecule has 3 aromatic carbocycles. The SMILES string of the molecule is Cc1cc(C)cc(N([C@@H](C)C(=O)Nc2ccc(S(=O)(=O)Nc3ccc(Br)cc3)cc2)S(C)(=O)=O)c1. The van der Waals surface area contributed by atoms with Gasteiger partial charge >= 0.3 is 0 Å². The number of aryl methyl sites for hydroxylation is 2. The van der Waals surface area contributed by atoms with Gasteiger partial charge < -0.3 is 5.32 Å². The lowest BCUT2D eigenvalue weighted by atomic mass is 10.1. The van der Waals surface area contributed by atoms with Crippen LogP contribution in [0.15, 0.2) is 76.1 Å². The molecule has 3 rings (SSSR count). The number of sulfonamides is 2. The molecule has 0 aliphatic heterocycles. The highest BCUT2D eigenvalue weighted by molar-refractivity contribution is 9.10. The van der Waals surface area contributed by atoms with Gasteiger partial charge in [0.1, 0.15) is 6.04 Å². The first-order chi connectivity index (χ1) is 16.3. The largest absolute Gasteiger partial charge is 0.324 e. The Morgan fingerprint density at radius 1 is 0.857 bits per heavy atom. The quantitative estimate of drug-likeness (QED) is 0.403. The van der Waals surface area contributed by atoms with Crippen LogP contribution in [0.2, 0.25) is 0 Å². The van der Waals surface area contributed by atoms with Crippen molar-refractivity contribution in [1.82, 2.24) is 0 Å². The number of carbonyl (C=O) groups is 1. The highest BCUT2D eigenvalue weighted by atomic mass is 79.9. The van der Waals surface area contributed by atoms with Crippen LogP contribution in [0.1, 0.15) is 18.1 Å². The molecule has 0 heterocycles. The van der Waals surface area contributed by atoms with E-state index in [4.69, 9.17) is 0 Å². The number of nitrogens with zero attached hydrogens (tertiary/aromatic N) is 1. The van der Waals surface area contributed by atoms with Crippen LogP contribution in [0.4, 0.5) is 17.1 Å². The Labute approximate surface area is 214 Å². The van der Waals surface area contributed by atoms with Gasteiger partial charge in [0.25, 0.3) is 10.0 Å². The standard InChI is InChI=1S/C24H26BrN3O5S2/c1-16-13-17(2)15-22(14-16)28(34(4,30)31)18(3)24(29)26-20-9-11-23(12-10-20)35(32,33)27-21-7-5-19(25)6-8-21/h5-15,18,27H,1-4H3,(H,26,29)/t18-/m0/s1. The first-order valence-corrected chi connectivity index (χ1v) is 14.7. The summed E-state index contributed by atoms with van der Waals surface area (Å²) in [4.78, 5) is 13.0. The highest BCUT2D eigenvalue weighted by Crippen LogP contribution is 2.25. The summed E-state index contributed by atoms with van der Waals surface area (Å²) in [6.07, 6.45) is 1.05. The molecule has 0 radical (unpaired) electrons. The fourth-order valence-electron chi connectivity index (χ4n) is 3.58. The minimum absolute atomic E-state index is 0.0134. The fraction of sp³-hybridized carbons (Fsp3) is 0.208. The maximum Gasteiger partial charge on any atom is 0.261 e. The van der Waals surface area contributed by atoms with Gasteiger partial charge in [-0.1, -0.05) is 22.0 Å². The average molecular weight is 581 g/mol. The van der Waals surface area contributed by atoms with E-state index < -0.39 is 32.0 Å². The zero-order valence-electron chi connectivity index (χ0n) is 19.6. The molecule has 0 saturated heterocycles. The maximum absolute atomic E-state index is 12.9. The molecule has 3 aromatic rings. The van der Waals surface area contributed by atoms with Crippen molar-refractivity contribution in [2.24, 2.45) is 0 Å². The lowest BCUT2D eigenvalue weighted by molar-refractivity contribution is -0.116. The van der Waals surface area contributed by atoms with Gasteiger partial charge in [0.2, 0.25) is 15.9 Å². The Balaban J connectivity index is 1.78. The van der Waals surface area contributed by atoms with Crippen molar-refractivity contribution in [3.63, 3.8) is 0 Å². The van der Waals surface area contributed by atoms with Gasteiger partial charge in [-0.2, -0.15) is 0 Å². The van der Waals surface area contributed by atoms with Gasteiger partial charge in [-0.3, -0.25) is 13.8 Å². The number of benzene rings is 3. The molecule has 186 valence electrons. The lowest BCUT2D eigenvalue weighted by Crippen LogP contribution is -2.45. The zero-order valence-corrected chi connectivity index (χ0v) is 22.8. The summed E-state index contributed by atoms with van der Waals surface area (Å²) in [6.45, 7) is 5.20. The van der Waals surface area contributed by atoms with Crippen molar-refractivity contribution in [3.8, 4) is 0 Å². The van der Waals surface area contributed by atoms with Crippen LogP contribution in [-0.2, 0) is 24.8 Å². The molecule has 0 spiro atoms. The second kappa shape index (κ2) is 10.4. The van der Waals surface area contributed by atoms with Crippen LogP contribution in [0.25, 0.3) is 0 Å². The van der Waals surface area contributed by atoms with Crippen LogP contribution in [0, 0.1) is 13.8 Å². The average Bonchev–Trinajstić information content (AvgIpc) is 2.74. The molecule has 0 aliphatic rings. The van der Waals surface area contributed by atoms with Crippen molar-refractivity contribution in [2.75, 3.05) is 20.6 Å². The molecule has 0 bridgehead atoms. The molecule has 8 nitrogen and oxygen atoms in total. The topological polar surface area (TPSA) is 113 Å². The third-order valence-corrected chi connectivity index (χ3v) is 8.25. The predicted octanol–water partition coefficient (Wildman–Crippen LogP) is 4.66. The summed E-state index contributed by atoms with van der Waals surface area (Å²) in [7, 11) is -7.59. The van der Waals surface area contributed by atoms with Crippen LogP contribution in [0.3, 0.4) is 0 Å². The minimum Gasteiger partial charge on any atom is -0.324 e. The number of carbonyl (C=O) groups excluding carboxylic acids is 1. The molecule has 11 heteroatoms. The Morgan fingerprint density at radius 2 is 1.37 bits per heavy atom. The van der Waals surface area contributed by atoms with E-state index in [1.54, 1.807) is 36.4 Å². The summed E-state index contributed by atoms with van der Waals surface area (Å²) in [5.74, 6) is -0.557. The predicted molar refractivity (Wildman–Crippen MR) is 143 cm³/mol. The minimum atomic E-state index is -3.83. The van der Waals surface area contributed by atoms with Crippen molar-refractivity contribution >= 4 is 58.9 Å². The zero-order chi connectivity index (χ0) is 26.0. The monoisotopic (exact) mass is 579 g/mol. The molecule has 1 atom stereocenters. The molecule has 1 amide bonds. The summed E-state index contributed by atoms with van der Waals surface area (Å²) < 4.78 is 54.8. The lowest BCUT2D eigenvalue weighted by Gasteiger charge is -2.28. The molecule has 0 aliphatic carbocycles. The van der Waals surface area contributed by atoms with E-state index in [0.29, 0.717) is 17.1 Å². The number of anilines is 3. The van der Waals surface area contributed by atoms with Crippen LogP contribution < -0.4 is 14.3 Å². The van der Waals surface area contributed by atoms with Crippen LogP contribution in [-0.4, -0.2) is 35.0 Å². The van der Waals surface area contributed by atoms with Crippen molar-refractivity contribution in [2.45, 2.75) is 31.7 Å². The molecule has 0 unspecified atom stereocenters. The Kier molecular flexibility index (Phi) is 7.93. The molecular formula is C24H26BrN3O5S2. The Morgan fingerprint density at radius 3 is 1.89 bits per heavy atom. The number of nitrogens with one attached hydrogen (secondary N) is 2. The first kappa shape index (κ1) is 26.7. The van der Waals surface area contributed by atoms with E-state index in [1.165, 1.54) is 31.2 Å². The van der Waals surface area contributed by atoms with Gasteiger partial charge in [0, 0.05) is 15.8 Å². The summed E-state index contributed by atoms with van der Waals surface area (Å²) >= 11 is 3.30. The maximum atomic E-state index is 12.9. The van der Waals surface area contributed by atoms with E-state index in [9.17, 15) is 21.6 Å². The van der Waals surface area contributed by atoms with Crippen molar-refractivity contribution < 1.29 is 21.6 Å². The van der Waals surface area contributed by atoms with Crippen molar-refractivity contribution in [3.05, 3.63) is 82.3 Å². The molecule has 0 saturated carbocycles. The summed E-state index contributed by atoms with van der Waals surface area (Å²) in [5.41, 5.74) is 2.88. The second-order valence-corrected chi connectivity index (χ2v) is 12.7. The Bertz CT molecular complexity index is 1420. The van der Waals surface area contributed by atoms with E-state index >= 15 is 0 Å². The van der Waals surface area contributed by atoms with Gasteiger partial charge in [-0.15, -0.1) is 0 Å². The van der Waals surface area contributed by atoms with Crippen molar-refractivity contribution in [1.29, 1.82) is 0 Å². The molecular weight excluding hydrogens is 554 g/mol. The number of hydrogen-bond acceptors (Lipinski definition) is 5. The first-order valence-electron chi connectivity index (χ1n) is 10.5. The number of halogens is 1. The molecule has 0 fully saturated rings. The van der Waals surface area contributed by atoms with E-state index in [0.717, 1.165) is 26.2 Å². The second-order valence-electron chi connectivity index (χ2n) is 8.21. The summed E-state index contributed by atoms with van der Waals surface area (Å²) in [6, 6.07) is 16.6. The molecule has 2 N–H and O–H groups in total. The number of hydrogen-bond donors (Lipinski definition) is 2. The summed E-state index contributed by atoms with van der Waals surface area (Å²) in [5, 5.41) is 2.66. The van der Waals surface area contributed by atoms with E-state index in [1.807, 2.05) is 19.9 Å². The van der Waals surface area contributed by atoms with Crippen LogP contribution >= 0.6 is 15.9 Å². The van der Waals surface area contributed by atoms with Crippen LogP contribution in [0.5, 0.6) is 0 Å². The van der Waals surface area contributed by atoms with Gasteiger partial charge in [-0.05, 0) is 92.6 Å². The van der Waals surface area contributed by atoms with Gasteiger partial charge in [0.15, 0.2) is 0 Å². The normalized spacial score (nSPS) is 12.6. The number of amides is 1. The van der Waals surface area contributed by atoms with E-state index in [2.05, 4.69) is 26.0 Å². The van der Waals surface area contributed by atoms with Gasteiger partial charge in [0.05, 0.1) is 16.8 Å².